The van der Waals surface area contributed by atoms with E-state index in [2.05, 4.69) is 15.1 Å². The molecule has 0 radical (unpaired) electrons. The number of anilines is 1. The topological polar surface area (TPSA) is 97.1 Å². The number of nitrogen functional groups attached to an aromatic ring is 1. The summed E-state index contributed by atoms with van der Waals surface area (Å²) < 4.78 is 27.8. The molecule has 2 saturated carbocycles. The Bertz CT molecular complexity index is 619. The van der Waals surface area contributed by atoms with E-state index in [1.807, 2.05) is 6.92 Å². The van der Waals surface area contributed by atoms with E-state index in [9.17, 15) is 8.42 Å². The molecule has 1 aromatic heterocycles. The van der Waals surface area contributed by atoms with Crippen LogP contribution in [0.3, 0.4) is 0 Å². The molecule has 2 fully saturated rings. The highest BCUT2D eigenvalue weighted by atomic mass is 32.2. The van der Waals surface area contributed by atoms with Gasteiger partial charge in [-0.1, -0.05) is 6.42 Å². The van der Waals surface area contributed by atoms with Crippen LogP contribution in [0.2, 0.25) is 0 Å². The molecule has 0 amide bonds. The second-order valence-electron chi connectivity index (χ2n) is 6.27. The second-order valence-corrected chi connectivity index (χ2v) is 7.98. The summed E-state index contributed by atoms with van der Waals surface area (Å²) in [6.45, 7) is 1.98. The lowest BCUT2D eigenvalue weighted by atomic mass is 9.84. The monoisotopic (exact) mass is 310 g/mol. The molecule has 1 heterocycles. The predicted octanol–water partition coefficient (Wildman–Crippen LogP) is 1.47. The van der Waals surface area contributed by atoms with Crippen LogP contribution in [0, 0.1) is 17.8 Å². The van der Waals surface area contributed by atoms with E-state index < -0.39 is 10.0 Å². The Balaban J connectivity index is 1.73. The van der Waals surface area contributed by atoms with Crippen LogP contribution in [0.25, 0.3) is 0 Å². The molecule has 4 atom stereocenters. The first-order valence-electron chi connectivity index (χ1n) is 7.44. The van der Waals surface area contributed by atoms with Crippen molar-refractivity contribution < 1.29 is 8.42 Å². The molecule has 116 valence electrons. The Morgan fingerprint density at radius 3 is 2.81 bits per heavy atom. The summed E-state index contributed by atoms with van der Waals surface area (Å²) in [5.74, 6) is 7.57. The number of aromatic nitrogens is 1. The minimum Gasteiger partial charge on any atom is -0.308 e. The average molecular weight is 310 g/mol. The zero-order valence-corrected chi connectivity index (χ0v) is 12.9. The highest BCUT2D eigenvalue weighted by molar-refractivity contribution is 7.89. The van der Waals surface area contributed by atoms with Crippen molar-refractivity contribution in [3.05, 3.63) is 18.3 Å². The Hall–Kier alpha value is -1.18. The van der Waals surface area contributed by atoms with Gasteiger partial charge in [-0.2, -0.15) is 0 Å². The van der Waals surface area contributed by atoms with E-state index in [1.165, 1.54) is 37.6 Å². The maximum absolute atomic E-state index is 12.5. The molecule has 6 nitrogen and oxygen atoms in total. The number of nitrogens with two attached hydrogens (primary N) is 1. The third-order valence-electron chi connectivity index (χ3n) is 4.97. The summed E-state index contributed by atoms with van der Waals surface area (Å²) >= 11 is 0. The van der Waals surface area contributed by atoms with Gasteiger partial charge in [0.05, 0.1) is 4.90 Å². The van der Waals surface area contributed by atoms with Crippen molar-refractivity contribution in [1.29, 1.82) is 0 Å². The molecule has 2 aliphatic carbocycles. The predicted molar refractivity (Wildman–Crippen MR) is 80.8 cm³/mol. The van der Waals surface area contributed by atoms with Gasteiger partial charge in [0.2, 0.25) is 10.0 Å². The van der Waals surface area contributed by atoms with E-state index in [0.29, 0.717) is 17.7 Å². The number of nitrogens with one attached hydrogen (secondary N) is 2. The Morgan fingerprint density at radius 1 is 1.38 bits per heavy atom. The van der Waals surface area contributed by atoms with Gasteiger partial charge in [0, 0.05) is 18.3 Å². The van der Waals surface area contributed by atoms with Crippen molar-refractivity contribution in [2.75, 3.05) is 5.43 Å². The molecule has 7 heteroatoms. The van der Waals surface area contributed by atoms with Crippen LogP contribution in [0.4, 0.5) is 5.82 Å². The fourth-order valence-corrected chi connectivity index (χ4v) is 5.27. The quantitative estimate of drug-likeness (QED) is 0.565. The van der Waals surface area contributed by atoms with Gasteiger partial charge in [-0.05, 0) is 50.0 Å². The Labute approximate surface area is 125 Å². The normalized spacial score (nSPS) is 29.5. The van der Waals surface area contributed by atoms with Crippen molar-refractivity contribution >= 4 is 15.8 Å². The van der Waals surface area contributed by atoms with E-state index in [-0.39, 0.29) is 10.9 Å². The third-order valence-corrected chi connectivity index (χ3v) is 6.52. The highest BCUT2D eigenvalue weighted by Crippen LogP contribution is 2.49. The summed E-state index contributed by atoms with van der Waals surface area (Å²) in [4.78, 5) is 4.13. The number of fused-ring (bicyclic) bond motifs is 2. The molecule has 0 spiro atoms. The lowest BCUT2D eigenvalue weighted by Gasteiger charge is -2.28. The van der Waals surface area contributed by atoms with Gasteiger partial charge in [0.25, 0.3) is 0 Å². The molecule has 0 aliphatic heterocycles. The maximum atomic E-state index is 12.5. The summed E-state index contributed by atoms with van der Waals surface area (Å²) in [6.07, 6.45) is 6.42. The molecule has 0 saturated heterocycles. The molecule has 4 N–H and O–H groups in total. The largest absolute Gasteiger partial charge is 0.308 e. The van der Waals surface area contributed by atoms with Gasteiger partial charge in [-0.15, -0.1) is 0 Å². The van der Waals surface area contributed by atoms with E-state index in [1.54, 1.807) is 0 Å². The molecular weight excluding hydrogens is 288 g/mol. The zero-order chi connectivity index (χ0) is 15.0. The number of sulfonamides is 1. The SMILES string of the molecule is CC(NS(=O)(=O)c1ccnc(NN)c1)C1CC2CCC1C2. The first-order chi connectivity index (χ1) is 9.99. The molecule has 2 aliphatic rings. The maximum Gasteiger partial charge on any atom is 0.241 e. The van der Waals surface area contributed by atoms with Crippen LogP contribution in [0.1, 0.15) is 32.6 Å². The number of rotatable bonds is 5. The summed E-state index contributed by atoms with van der Waals surface area (Å²) in [5.41, 5.74) is 2.37. The molecule has 1 aromatic rings. The molecule has 2 bridgehead atoms. The number of hydrogen-bond acceptors (Lipinski definition) is 5. The van der Waals surface area contributed by atoms with Gasteiger partial charge in [-0.25, -0.2) is 24.0 Å². The highest BCUT2D eigenvalue weighted by Gasteiger charge is 2.42. The van der Waals surface area contributed by atoms with Crippen LogP contribution in [0.5, 0.6) is 0 Å². The fourth-order valence-electron chi connectivity index (χ4n) is 3.96. The van der Waals surface area contributed by atoms with E-state index >= 15 is 0 Å². The summed E-state index contributed by atoms with van der Waals surface area (Å²) in [5, 5.41) is 0. The second kappa shape index (κ2) is 5.55. The van der Waals surface area contributed by atoms with Crippen LogP contribution >= 0.6 is 0 Å². The van der Waals surface area contributed by atoms with Gasteiger partial charge in [0.1, 0.15) is 5.82 Å². The van der Waals surface area contributed by atoms with Crippen molar-refractivity contribution in [1.82, 2.24) is 9.71 Å². The molecule has 3 rings (SSSR count). The van der Waals surface area contributed by atoms with Crippen molar-refractivity contribution in [2.24, 2.45) is 23.6 Å². The molecular formula is C14H22N4O2S. The summed E-state index contributed by atoms with van der Waals surface area (Å²) in [6, 6.07) is 2.89. The molecule has 0 aromatic carbocycles. The van der Waals surface area contributed by atoms with Crippen LogP contribution < -0.4 is 16.0 Å². The first-order valence-corrected chi connectivity index (χ1v) is 8.93. The minimum absolute atomic E-state index is 0.0345. The van der Waals surface area contributed by atoms with Crippen LogP contribution in [-0.4, -0.2) is 19.4 Å². The van der Waals surface area contributed by atoms with Crippen molar-refractivity contribution in [3.8, 4) is 0 Å². The molecule has 21 heavy (non-hydrogen) atoms. The van der Waals surface area contributed by atoms with E-state index in [0.717, 1.165) is 12.3 Å². The van der Waals surface area contributed by atoms with Gasteiger partial charge >= 0.3 is 0 Å². The average Bonchev–Trinajstić information content (AvgIpc) is 3.09. The zero-order valence-electron chi connectivity index (χ0n) is 12.1. The van der Waals surface area contributed by atoms with Gasteiger partial charge in [0.15, 0.2) is 0 Å². The Morgan fingerprint density at radius 2 is 2.19 bits per heavy atom. The van der Waals surface area contributed by atoms with Gasteiger partial charge in [-0.3, -0.25) is 0 Å². The number of hydrazine groups is 1. The Kier molecular flexibility index (Phi) is 3.90. The first kappa shape index (κ1) is 14.7. The number of hydrogen-bond donors (Lipinski definition) is 3. The van der Waals surface area contributed by atoms with Crippen molar-refractivity contribution in [3.63, 3.8) is 0 Å². The number of nitrogens with zero attached hydrogens (tertiary/aromatic N) is 1. The lowest BCUT2D eigenvalue weighted by Crippen LogP contribution is -2.40. The smallest absolute Gasteiger partial charge is 0.241 e. The third kappa shape index (κ3) is 2.90. The lowest BCUT2D eigenvalue weighted by molar-refractivity contribution is 0.280. The standard InChI is InChI=1S/C14H22N4O2S/c1-9(13-7-10-2-3-11(13)6-10)18-21(19,20)12-4-5-16-14(8-12)17-15/h4-5,8-11,13,18H,2-3,6-7,15H2,1H3,(H,16,17). The van der Waals surface area contributed by atoms with E-state index in [4.69, 9.17) is 5.84 Å². The summed E-state index contributed by atoms with van der Waals surface area (Å²) in [7, 11) is -3.53. The van der Waals surface area contributed by atoms with Crippen molar-refractivity contribution in [2.45, 2.75) is 43.5 Å². The number of pyridine rings is 1. The van der Waals surface area contributed by atoms with Gasteiger partial charge < -0.3 is 5.43 Å². The van der Waals surface area contributed by atoms with Crippen LogP contribution in [-0.2, 0) is 10.0 Å². The minimum atomic E-state index is -3.53. The molecule has 4 unspecified atom stereocenters. The fraction of sp³-hybridized carbons (Fsp3) is 0.643. The van der Waals surface area contributed by atoms with Crippen LogP contribution in [0.15, 0.2) is 23.2 Å².